The average Bonchev–Trinajstić information content (AvgIpc) is 2.28. The summed E-state index contributed by atoms with van der Waals surface area (Å²) in [4.78, 5) is 30.1. The van der Waals surface area contributed by atoms with Crippen LogP contribution in [0, 0.1) is 10.1 Å². The first-order valence-electron chi connectivity index (χ1n) is 4.81. The van der Waals surface area contributed by atoms with E-state index in [1.807, 2.05) is 0 Å². The highest BCUT2D eigenvalue weighted by Crippen LogP contribution is 2.04. The Balaban J connectivity index is 0.000000399. The van der Waals surface area contributed by atoms with Crippen LogP contribution in [-0.4, -0.2) is 27.1 Å². The Labute approximate surface area is 113 Å². The fourth-order valence-corrected chi connectivity index (χ4v) is 1.03. The van der Waals surface area contributed by atoms with Crippen molar-refractivity contribution in [3.63, 3.8) is 0 Å². The Morgan fingerprint density at radius 2 is 1.68 bits per heavy atom. The third-order valence-electron chi connectivity index (χ3n) is 1.65. The molecule has 1 rings (SSSR count). The van der Waals surface area contributed by atoms with Crippen LogP contribution in [0.15, 0.2) is 35.4 Å². The lowest BCUT2D eigenvalue weighted by atomic mass is 10.1. The molecular formula is C11H11NO6S. The minimum absolute atomic E-state index is 0.0186. The molecule has 0 aliphatic heterocycles. The zero-order valence-corrected chi connectivity index (χ0v) is 10.7. The normalized spacial score (nSPS) is 10.1. The van der Waals surface area contributed by atoms with Gasteiger partial charge in [-0.25, -0.2) is 9.59 Å². The summed E-state index contributed by atoms with van der Waals surface area (Å²) < 4.78 is 0. The Bertz CT molecular complexity index is 492. The van der Waals surface area contributed by atoms with Gasteiger partial charge in [-0.2, -0.15) is 0 Å². The van der Waals surface area contributed by atoms with Crippen LogP contribution in [0.2, 0.25) is 0 Å². The predicted molar refractivity (Wildman–Crippen MR) is 70.1 cm³/mol. The van der Waals surface area contributed by atoms with Crippen molar-refractivity contribution < 1.29 is 24.7 Å². The second-order valence-corrected chi connectivity index (χ2v) is 3.95. The molecule has 0 saturated heterocycles. The summed E-state index contributed by atoms with van der Waals surface area (Å²) in [6.07, 6.45) is 0.836. The molecule has 7 nitrogen and oxygen atoms in total. The lowest BCUT2D eigenvalue weighted by molar-refractivity contribution is -0.402. The Hall–Kier alpha value is -2.35. The van der Waals surface area contributed by atoms with Gasteiger partial charge in [0, 0.05) is 4.91 Å². The van der Waals surface area contributed by atoms with Gasteiger partial charge in [0.2, 0.25) is 6.20 Å². The molecule has 0 aliphatic carbocycles. The first-order chi connectivity index (χ1) is 8.73. The summed E-state index contributed by atoms with van der Waals surface area (Å²) in [7, 11) is 0. The molecule has 0 bridgehead atoms. The lowest BCUT2D eigenvalue weighted by Gasteiger charge is -1.95. The van der Waals surface area contributed by atoms with E-state index in [0.29, 0.717) is 4.91 Å². The highest BCUT2D eigenvalue weighted by atomic mass is 32.1. The maximum absolute atomic E-state index is 10.4. The number of carbonyl (C=O) groups is 2. The molecule has 0 unspecified atom stereocenters. The van der Waals surface area contributed by atoms with Crippen molar-refractivity contribution in [2.24, 2.45) is 0 Å². The minimum atomic E-state index is -1.13. The van der Waals surface area contributed by atoms with Crippen LogP contribution in [0.4, 0.5) is 0 Å². The Morgan fingerprint density at radius 3 is 1.89 bits per heavy atom. The molecule has 1 aromatic rings. The highest BCUT2D eigenvalue weighted by Gasteiger charge is 2.06. The van der Waals surface area contributed by atoms with Gasteiger partial charge >= 0.3 is 11.9 Å². The number of thiol groups is 1. The Kier molecular flexibility index (Phi) is 6.90. The number of hydrogen-bond donors (Lipinski definition) is 3. The zero-order chi connectivity index (χ0) is 15.0. The molecular weight excluding hydrogens is 274 g/mol. The topological polar surface area (TPSA) is 118 Å². The van der Waals surface area contributed by atoms with E-state index < -0.39 is 16.9 Å². The van der Waals surface area contributed by atoms with Gasteiger partial charge in [0.25, 0.3) is 0 Å². The summed E-state index contributed by atoms with van der Waals surface area (Å²) >= 11 is 3.66. The number of nitrogens with zero attached hydrogens (tertiary/aromatic N) is 1. The molecule has 0 saturated carbocycles. The molecule has 0 aliphatic rings. The maximum atomic E-state index is 10.4. The largest absolute Gasteiger partial charge is 0.478 e. The summed E-state index contributed by atoms with van der Waals surface area (Å²) in [5.74, 6) is -2.25. The molecule has 8 heteroatoms. The summed E-state index contributed by atoms with van der Waals surface area (Å²) in [6, 6.07) is 5.20. The maximum Gasteiger partial charge on any atom is 0.335 e. The fourth-order valence-electron chi connectivity index (χ4n) is 0.938. The molecule has 0 aromatic heterocycles. The number of benzene rings is 1. The van der Waals surface area contributed by atoms with E-state index in [1.54, 1.807) is 6.92 Å². The third kappa shape index (κ3) is 7.55. The van der Waals surface area contributed by atoms with Crippen molar-refractivity contribution in [3.8, 4) is 0 Å². The number of allylic oxidation sites excluding steroid dienone is 1. The molecule has 19 heavy (non-hydrogen) atoms. The molecule has 0 fully saturated rings. The SMILES string of the molecule is CC(S)=C[N+](=O)[O-].O=C(O)c1cccc(C(=O)O)c1. The number of rotatable bonds is 3. The van der Waals surface area contributed by atoms with Gasteiger partial charge in [-0.15, -0.1) is 12.6 Å². The number of aromatic carboxylic acids is 2. The van der Waals surface area contributed by atoms with Crippen molar-refractivity contribution in [3.05, 3.63) is 56.6 Å². The zero-order valence-electron chi connectivity index (χ0n) is 9.81. The number of hydrogen-bond acceptors (Lipinski definition) is 5. The van der Waals surface area contributed by atoms with E-state index in [1.165, 1.54) is 18.2 Å². The van der Waals surface area contributed by atoms with Gasteiger partial charge in [0.15, 0.2) is 0 Å². The van der Waals surface area contributed by atoms with E-state index in [0.717, 1.165) is 12.3 Å². The fraction of sp³-hybridized carbons (Fsp3) is 0.0909. The summed E-state index contributed by atoms with van der Waals surface area (Å²) in [5, 5.41) is 26.5. The molecule has 0 heterocycles. The quantitative estimate of drug-likeness (QED) is 0.445. The Morgan fingerprint density at radius 1 is 1.26 bits per heavy atom. The molecule has 2 N–H and O–H groups in total. The first kappa shape index (κ1) is 16.6. The van der Waals surface area contributed by atoms with Crippen LogP contribution >= 0.6 is 12.6 Å². The molecule has 1 aromatic carbocycles. The lowest BCUT2D eigenvalue weighted by Crippen LogP contribution is -2.01. The van der Waals surface area contributed by atoms with Crippen molar-refractivity contribution in [2.75, 3.05) is 0 Å². The molecule has 0 radical (unpaired) electrons. The van der Waals surface area contributed by atoms with E-state index >= 15 is 0 Å². The first-order valence-corrected chi connectivity index (χ1v) is 5.26. The van der Waals surface area contributed by atoms with Gasteiger partial charge in [-0.05, 0) is 25.1 Å². The van der Waals surface area contributed by atoms with E-state index in [9.17, 15) is 19.7 Å². The van der Waals surface area contributed by atoms with Crippen LogP contribution in [-0.2, 0) is 0 Å². The van der Waals surface area contributed by atoms with Gasteiger partial charge in [-0.3, -0.25) is 10.1 Å². The molecule has 0 amide bonds. The van der Waals surface area contributed by atoms with Crippen LogP contribution in [0.3, 0.4) is 0 Å². The van der Waals surface area contributed by atoms with Gasteiger partial charge < -0.3 is 10.2 Å². The highest BCUT2D eigenvalue weighted by molar-refractivity contribution is 7.84. The standard InChI is InChI=1S/C8H6O4.C3H5NO2S/c9-7(10)5-2-1-3-6(4-5)8(11)12;1-3(7)2-4(5)6/h1-4H,(H,9,10)(H,11,12);2,7H,1H3. The molecule has 0 atom stereocenters. The van der Waals surface area contributed by atoms with Crippen molar-refractivity contribution in [1.82, 2.24) is 0 Å². The summed E-state index contributed by atoms with van der Waals surface area (Å²) in [6.45, 7) is 1.55. The average molecular weight is 285 g/mol. The number of carboxylic acids is 2. The van der Waals surface area contributed by atoms with Crippen LogP contribution in [0.1, 0.15) is 27.6 Å². The summed E-state index contributed by atoms with van der Waals surface area (Å²) in [5.41, 5.74) is -0.0372. The number of carboxylic acid groups (broad SMARTS) is 2. The van der Waals surface area contributed by atoms with E-state index in [2.05, 4.69) is 12.6 Å². The monoisotopic (exact) mass is 285 g/mol. The second kappa shape index (κ2) is 7.88. The second-order valence-electron chi connectivity index (χ2n) is 3.25. The van der Waals surface area contributed by atoms with Gasteiger partial charge in [0.1, 0.15) is 0 Å². The van der Waals surface area contributed by atoms with Crippen LogP contribution in [0.25, 0.3) is 0 Å². The molecule has 102 valence electrons. The number of nitro groups is 1. The molecule has 0 spiro atoms. The van der Waals surface area contributed by atoms with Crippen molar-refractivity contribution >= 4 is 24.6 Å². The van der Waals surface area contributed by atoms with Crippen molar-refractivity contribution in [2.45, 2.75) is 6.92 Å². The van der Waals surface area contributed by atoms with Crippen LogP contribution in [0.5, 0.6) is 0 Å². The van der Waals surface area contributed by atoms with E-state index in [4.69, 9.17) is 10.2 Å². The smallest absolute Gasteiger partial charge is 0.335 e. The van der Waals surface area contributed by atoms with Gasteiger partial charge in [-0.1, -0.05) is 6.07 Å². The van der Waals surface area contributed by atoms with Gasteiger partial charge in [0.05, 0.1) is 16.1 Å². The predicted octanol–water partition coefficient (Wildman–Crippen LogP) is 2.14. The van der Waals surface area contributed by atoms with Crippen LogP contribution < -0.4 is 0 Å². The van der Waals surface area contributed by atoms with E-state index in [-0.39, 0.29) is 11.1 Å². The third-order valence-corrected chi connectivity index (χ3v) is 1.76. The minimum Gasteiger partial charge on any atom is -0.478 e. The van der Waals surface area contributed by atoms with Crippen molar-refractivity contribution in [1.29, 1.82) is 0 Å².